The van der Waals surface area contributed by atoms with Crippen LogP contribution in [0, 0.1) is 0 Å². The smallest absolute Gasteiger partial charge is 0.0846 e. The van der Waals surface area contributed by atoms with Crippen molar-refractivity contribution in [3.63, 3.8) is 0 Å². The molecule has 0 aliphatic carbocycles. The summed E-state index contributed by atoms with van der Waals surface area (Å²) in [6.07, 6.45) is 1.04. The van der Waals surface area contributed by atoms with Crippen molar-refractivity contribution in [1.82, 2.24) is 0 Å². The monoisotopic (exact) mass is 342 g/mol. The minimum Gasteiger partial charge on any atom is -0.113 e. The van der Waals surface area contributed by atoms with Gasteiger partial charge in [-0.2, -0.15) is 0 Å². The van der Waals surface area contributed by atoms with E-state index in [1.165, 1.54) is 5.56 Å². The molecule has 2 aromatic carbocycles. The van der Waals surface area contributed by atoms with Crippen molar-refractivity contribution in [2.45, 2.75) is 18.7 Å². The first-order chi connectivity index (χ1) is 8.61. The summed E-state index contributed by atoms with van der Waals surface area (Å²) >= 11 is 16.0. The molecular weight excluding hydrogens is 331 g/mol. The first kappa shape index (κ1) is 13.9. The van der Waals surface area contributed by atoms with Gasteiger partial charge in [0.1, 0.15) is 0 Å². The third-order valence-electron chi connectivity index (χ3n) is 2.92. The molecule has 0 saturated carbocycles. The van der Waals surface area contributed by atoms with Crippen molar-refractivity contribution in [3.05, 3.63) is 68.7 Å². The van der Waals surface area contributed by atoms with Crippen LogP contribution in [0.25, 0.3) is 0 Å². The van der Waals surface area contributed by atoms with Crippen molar-refractivity contribution >= 4 is 39.1 Å². The highest BCUT2D eigenvalue weighted by Crippen LogP contribution is 2.35. The molecule has 0 saturated heterocycles. The fourth-order valence-corrected chi connectivity index (χ4v) is 3.19. The fourth-order valence-electron chi connectivity index (χ4n) is 1.81. The number of rotatable bonds is 3. The maximum absolute atomic E-state index is 6.51. The highest BCUT2D eigenvalue weighted by atomic mass is 79.9. The second kappa shape index (κ2) is 6.10. The molecule has 0 amide bonds. The van der Waals surface area contributed by atoms with Crippen molar-refractivity contribution < 1.29 is 0 Å². The highest BCUT2D eigenvalue weighted by molar-refractivity contribution is 9.10. The highest BCUT2D eigenvalue weighted by Gasteiger charge is 2.14. The van der Waals surface area contributed by atoms with E-state index >= 15 is 0 Å². The van der Waals surface area contributed by atoms with Crippen LogP contribution >= 0.6 is 39.1 Å². The van der Waals surface area contributed by atoms with E-state index in [1.54, 1.807) is 0 Å². The lowest BCUT2D eigenvalue weighted by atomic mass is 10.0. The summed E-state index contributed by atoms with van der Waals surface area (Å²) in [5.41, 5.74) is 3.44. The Bertz CT molecular complexity index is 535. The number of alkyl halides is 1. The minimum absolute atomic E-state index is 0.164. The summed E-state index contributed by atoms with van der Waals surface area (Å²) in [5, 5.41) is 0.540. The summed E-state index contributed by atoms with van der Waals surface area (Å²) < 4.78 is 0.939. The van der Waals surface area contributed by atoms with Gasteiger partial charge >= 0.3 is 0 Å². The molecule has 0 aliphatic rings. The molecule has 0 nitrogen and oxygen atoms in total. The lowest BCUT2D eigenvalue weighted by Gasteiger charge is -2.13. The Labute approximate surface area is 126 Å². The minimum atomic E-state index is -0.164. The molecule has 0 N–H and O–H groups in total. The summed E-state index contributed by atoms with van der Waals surface area (Å²) in [4.78, 5) is 0. The molecule has 0 heterocycles. The quantitative estimate of drug-likeness (QED) is 0.600. The molecule has 0 spiro atoms. The molecule has 3 heteroatoms. The maximum Gasteiger partial charge on any atom is 0.0846 e. The number of halogens is 3. The largest absolute Gasteiger partial charge is 0.113 e. The van der Waals surface area contributed by atoms with Crippen molar-refractivity contribution in [2.75, 3.05) is 0 Å². The Morgan fingerprint density at radius 2 is 1.78 bits per heavy atom. The Hall–Kier alpha value is -0.500. The van der Waals surface area contributed by atoms with Crippen molar-refractivity contribution in [2.24, 2.45) is 0 Å². The number of aryl methyl sites for hydroxylation is 1. The summed E-state index contributed by atoms with van der Waals surface area (Å²) in [7, 11) is 0. The first-order valence-electron chi connectivity index (χ1n) is 5.79. The van der Waals surface area contributed by atoms with Gasteiger partial charge in [-0.3, -0.25) is 0 Å². The van der Waals surface area contributed by atoms with E-state index in [-0.39, 0.29) is 5.38 Å². The topological polar surface area (TPSA) is 0 Å². The third-order valence-corrected chi connectivity index (χ3v) is 4.33. The van der Waals surface area contributed by atoms with Crippen LogP contribution in [0.15, 0.2) is 46.9 Å². The average molecular weight is 344 g/mol. The zero-order valence-electron chi connectivity index (χ0n) is 9.96. The Balaban J connectivity index is 2.31. The third kappa shape index (κ3) is 3.09. The van der Waals surface area contributed by atoms with Crippen LogP contribution in [0.4, 0.5) is 0 Å². The van der Waals surface area contributed by atoms with Gasteiger partial charge in [0.15, 0.2) is 0 Å². The van der Waals surface area contributed by atoms with Crippen LogP contribution in [-0.2, 0) is 6.42 Å². The molecule has 2 aromatic rings. The predicted octanol–water partition coefficient (Wildman–Crippen LogP) is 5.99. The Kier molecular flexibility index (Phi) is 4.71. The van der Waals surface area contributed by atoms with Crippen LogP contribution < -0.4 is 0 Å². The van der Waals surface area contributed by atoms with E-state index in [9.17, 15) is 0 Å². The molecule has 2 rings (SSSR count). The standard InChI is InChI=1S/C15H13BrCl2/c1-2-10-3-5-11(6-4-10)15(18)13-8-7-12(17)9-14(13)16/h3-9,15H,2H2,1H3. The number of hydrogen-bond donors (Lipinski definition) is 0. The number of hydrogen-bond acceptors (Lipinski definition) is 0. The van der Waals surface area contributed by atoms with Gasteiger partial charge < -0.3 is 0 Å². The van der Waals surface area contributed by atoms with E-state index in [0.717, 1.165) is 22.0 Å². The molecule has 0 aromatic heterocycles. The molecule has 1 unspecified atom stereocenters. The zero-order chi connectivity index (χ0) is 13.1. The van der Waals surface area contributed by atoms with Gasteiger partial charge in [0.2, 0.25) is 0 Å². The summed E-state index contributed by atoms with van der Waals surface area (Å²) in [6.45, 7) is 2.14. The van der Waals surface area contributed by atoms with Crippen LogP contribution in [0.5, 0.6) is 0 Å². The van der Waals surface area contributed by atoms with Gasteiger partial charge in [-0.25, -0.2) is 0 Å². The van der Waals surface area contributed by atoms with E-state index in [0.29, 0.717) is 5.02 Å². The van der Waals surface area contributed by atoms with Crippen LogP contribution in [0.2, 0.25) is 5.02 Å². The van der Waals surface area contributed by atoms with E-state index < -0.39 is 0 Å². The van der Waals surface area contributed by atoms with Crippen molar-refractivity contribution in [3.8, 4) is 0 Å². The predicted molar refractivity (Wildman–Crippen MR) is 82.7 cm³/mol. The lowest BCUT2D eigenvalue weighted by molar-refractivity contribution is 1.10. The second-order valence-electron chi connectivity index (χ2n) is 4.12. The second-order valence-corrected chi connectivity index (χ2v) is 5.85. The van der Waals surface area contributed by atoms with Gasteiger partial charge in [0.05, 0.1) is 5.38 Å². The van der Waals surface area contributed by atoms with Crippen molar-refractivity contribution in [1.29, 1.82) is 0 Å². The maximum atomic E-state index is 6.51. The molecule has 0 fully saturated rings. The Morgan fingerprint density at radius 1 is 1.11 bits per heavy atom. The zero-order valence-corrected chi connectivity index (χ0v) is 13.1. The molecule has 0 aliphatic heterocycles. The van der Waals surface area contributed by atoms with E-state index in [2.05, 4.69) is 47.1 Å². The molecular formula is C15H13BrCl2. The molecule has 0 bridgehead atoms. The van der Waals surface area contributed by atoms with Gasteiger partial charge in [0, 0.05) is 9.50 Å². The molecule has 1 atom stereocenters. The molecule has 18 heavy (non-hydrogen) atoms. The number of benzene rings is 2. The molecule has 0 radical (unpaired) electrons. The van der Waals surface area contributed by atoms with Gasteiger partial charge in [-0.05, 0) is 35.2 Å². The van der Waals surface area contributed by atoms with Crippen LogP contribution in [-0.4, -0.2) is 0 Å². The van der Waals surface area contributed by atoms with E-state index in [1.807, 2.05) is 18.2 Å². The SMILES string of the molecule is CCc1ccc(C(Cl)c2ccc(Cl)cc2Br)cc1. The molecule has 94 valence electrons. The van der Waals surface area contributed by atoms with Gasteiger partial charge in [0.25, 0.3) is 0 Å². The van der Waals surface area contributed by atoms with Crippen LogP contribution in [0.3, 0.4) is 0 Å². The normalized spacial score (nSPS) is 12.4. The Morgan fingerprint density at radius 3 is 2.33 bits per heavy atom. The average Bonchev–Trinajstić information content (AvgIpc) is 2.38. The van der Waals surface area contributed by atoms with Gasteiger partial charge in [-0.15, -0.1) is 11.6 Å². The lowest BCUT2D eigenvalue weighted by Crippen LogP contribution is -1.95. The van der Waals surface area contributed by atoms with E-state index in [4.69, 9.17) is 23.2 Å². The summed E-state index contributed by atoms with van der Waals surface area (Å²) in [6, 6.07) is 14.1. The van der Waals surface area contributed by atoms with Crippen LogP contribution in [0.1, 0.15) is 29.0 Å². The first-order valence-corrected chi connectivity index (χ1v) is 7.40. The summed E-state index contributed by atoms with van der Waals surface area (Å²) in [5.74, 6) is 0. The fraction of sp³-hybridized carbons (Fsp3) is 0.200. The van der Waals surface area contributed by atoms with Gasteiger partial charge in [-0.1, -0.05) is 64.8 Å².